The van der Waals surface area contributed by atoms with E-state index < -0.39 is 5.97 Å². The van der Waals surface area contributed by atoms with Gasteiger partial charge in [0.15, 0.2) is 11.5 Å². The van der Waals surface area contributed by atoms with Gasteiger partial charge in [0.05, 0.1) is 25.9 Å². The Morgan fingerprint density at radius 2 is 1.89 bits per heavy atom. The second kappa shape index (κ2) is 5.17. The van der Waals surface area contributed by atoms with Gasteiger partial charge in [0.25, 0.3) is 0 Å². The summed E-state index contributed by atoms with van der Waals surface area (Å²) in [6.45, 7) is 0.495. The lowest BCUT2D eigenvalue weighted by atomic mass is 10.1. The average Bonchev–Trinajstić information content (AvgIpc) is 2.83. The van der Waals surface area contributed by atoms with Crippen molar-refractivity contribution in [3.8, 4) is 11.5 Å². The molecule has 1 aromatic carbocycles. The molecule has 0 saturated carbocycles. The minimum Gasteiger partial charge on any atom is -0.545 e. The molecule has 1 fully saturated rings. The molecule has 0 atom stereocenters. The number of carbonyl (C=O) groups excluding carboxylic acids is 2. The molecule has 6 heteroatoms. The van der Waals surface area contributed by atoms with E-state index in [4.69, 9.17) is 9.47 Å². The highest BCUT2D eigenvalue weighted by atomic mass is 16.5. The molecule has 1 aromatic rings. The Balaban J connectivity index is 2.56. The average molecular weight is 264 g/mol. The smallest absolute Gasteiger partial charge is 0.227 e. The molecule has 1 amide bonds. The van der Waals surface area contributed by atoms with E-state index in [0.29, 0.717) is 30.8 Å². The van der Waals surface area contributed by atoms with Gasteiger partial charge in [-0.25, -0.2) is 0 Å². The third-order valence-electron chi connectivity index (χ3n) is 3.09. The van der Waals surface area contributed by atoms with Gasteiger partial charge < -0.3 is 24.3 Å². The number of hydrogen-bond acceptors (Lipinski definition) is 5. The third kappa shape index (κ3) is 2.33. The zero-order valence-electron chi connectivity index (χ0n) is 10.8. The first-order valence-corrected chi connectivity index (χ1v) is 5.86. The quantitative estimate of drug-likeness (QED) is 0.776. The number of rotatable bonds is 4. The van der Waals surface area contributed by atoms with Crippen molar-refractivity contribution in [2.24, 2.45) is 0 Å². The van der Waals surface area contributed by atoms with Crippen molar-refractivity contribution in [2.75, 3.05) is 25.7 Å². The predicted octanol–water partition coefficient (Wildman–Crippen LogP) is 0.194. The second-order valence-electron chi connectivity index (χ2n) is 4.16. The van der Waals surface area contributed by atoms with Crippen LogP contribution >= 0.6 is 0 Å². The molecule has 1 saturated heterocycles. The second-order valence-corrected chi connectivity index (χ2v) is 4.16. The van der Waals surface area contributed by atoms with Crippen molar-refractivity contribution in [3.05, 3.63) is 17.7 Å². The lowest BCUT2D eigenvalue weighted by molar-refractivity contribution is -0.254. The molecule has 0 N–H and O–H groups in total. The number of methoxy groups -OCH3 is 2. The number of ether oxygens (including phenoxy) is 2. The number of aromatic carboxylic acids is 1. The summed E-state index contributed by atoms with van der Waals surface area (Å²) in [5.41, 5.74) is 0.216. The van der Waals surface area contributed by atoms with Crippen LogP contribution in [-0.4, -0.2) is 32.6 Å². The highest BCUT2D eigenvalue weighted by Gasteiger charge is 2.25. The minimum absolute atomic E-state index is 0.0760. The van der Waals surface area contributed by atoms with Crippen LogP contribution in [0.25, 0.3) is 0 Å². The van der Waals surface area contributed by atoms with E-state index in [2.05, 4.69) is 0 Å². The minimum atomic E-state index is -1.35. The zero-order chi connectivity index (χ0) is 14.0. The third-order valence-corrected chi connectivity index (χ3v) is 3.09. The van der Waals surface area contributed by atoms with Gasteiger partial charge in [-0.05, 0) is 12.5 Å². The van der Waals surface area contributed by atoms with E-state index in [0.717, 1.165) is 0 Å². The van der Waals surface area contributed by atoms with E-state index in [9.17, 15) is 14.7 Å². The number of carboxylic acids is 1. The predicted molar refractivity (Wildman–Crippen MR) is 65.5 cm³/mol. The van der Waals surface area contributed by atoms with E-state index in [1.165, 1.54) is 31.3 Å². The Labute approximate surface area is 110 Å². The Bertz CT molecular complexity index is 526. The summed E-state index contributed by atoms with van der Waals surface area (Å²) in [6.07, 6.45) is 1.13. The van der Waals surface area contributed by atoms with Crippen molar-refractivity contribution in [3.63, 3.8) is 0 Å². The standard InChI is InChI=1S/C13H15NO5/c1-18-10-6-8(13(16)17)9(7-11(10)19-2)14-5-3-4-12(14)15/h6-7H,3-5H2,1-2H3,(H,16,17)/p-1. The molecular weight excluding hydrogens is 250 g/mol. The van der Waals surface area contributed by atoms with Gasteiger partial charge in [-0.2, -0.15) is 0 Å². The summed E-state index contributed by atoms with van der Waals surface area (Å²) in [5, 5.41) is 11.2. The van der Waals surface area contributed by atoms with Crippen LogP contribution in [0.4, 0.5) is 5.69 Å². The highest BCUT2D eigenvalue weighted by molar-refractivity contribution is 6.03. The van der Waals surface area contributed by atoms with E-state index in [-0.39, 0.29) is 17.2 Å². The van der Waals surface area contributed by atoms with Gasteiger partial charge in [-0.3, -0.25) is 4.79 Å². The van der Waals surface area contributed by atoms with Crippen LogP contribution in [0.5, 0.6) is 11.5 Å². The number of hydrogen-bond donors (Lipinski definition) is 0. The van der Waals surface area contributed by atoms with Crippen molar-refractivity contribution < 1.29 is 24.2 Å². The Morgan fingerprint density at radius 3 is 2.37 bits per heavy atom. The maximum Gasteiger partial charge on any atom is 0.227 e. The fourth-order valence-corrected chi connectivity index (χ4v) is 2.16. The summed E-state index contributed by atoms with van der Waals surface area (Å²) in [7, 11) is 2.86. The molecule has 19 heavy (non-hydrogen) atoms. The summed E-state index contributed by atoms with van der Waals surface area (Å²) in [4.78, 5) is 24.4. The number of carbonyl (C=O) groups is 2. The molecule has 2 rings (SSSR count). The SMILES string of the molecule is COc1cc(C(=O)[O-])c(N2CCCC2=O)cc1OC. The normalized spacial score (nSPS) is 14.6. The van der Waals surface area contributed by atoms with Crippen LogP contribution in [0.1, 0.15) is 23.2 Å². The molecule has 6 nitrogen and oxygen atoms in total. The molecule has 0 radical (unpaired) electrons. The summed E-state index contributed by atoms with van der Waals surface area (Å²) in [6, 6.07) is 2.81. The number of nitrogens with zero attached hydrogens (tertiary/aromatic N) is 1. The van der Waals surface area contributed by atoms with Crippen LogP contribution in [0.15, 0.2) is 12.1 Å². The van der Waals surface area contributed by atoms with E-state index in [1.807, 2.05) is 0 Å². The van der Waals surface area contributed by atoms with Crippen LogP contribution < -0.4 is 19.5 Å². The largest absolute Gasteiger partial charge is 0.545 e. The Hall–Kier alpha value is -2.24. The van der Waals surface area contributed by atoms with Gasteiger partial charge in [-0.1, -0.05) is 0 Å². The fourth-order valence-electron chi connectivity index (χ4n) is 2.16. The van der Waals surface area contributed by atoms with Crippen LogP contribution in [0.3, 0.4) is 0 Å². The first kappa shape index (κ1) is 13.2. The Morgan fingerprint density at radius 1 is 1.26 bits per heavy atom. The molecule has 0 bridgehead atoms. The van der Waals surface area contributed by atoms with Crippen molar-refractivity contribution in [2.45, 2.75) is 12.8 Å². The highest BCUT2D eigenvalue weighted by Crippen LogP contribution is 2.36. The van der Waals surface area contributed by atoms with Crippen LogP contribution in [-0.2, 0) is 4.79 Å². The van der Waals surface area contributed by atoms with Crippen molar-refractivity contribution in [1.29, 1.82) is 0 Å². The van der Waals surface area contributed by atoms with E-state index in [1.54, 1.807) is 0 Å². The lowest BCUT2D eigenvalue weighted by Crippen LogP contribution is -2.30. The number of anilines is 1. The lowest BCUT2D eigenvalue weighted by Gasteiger charge is -2.22. The molecule has 0 spiro atoms. The molecule has 1 aliphatic rings. The van der Waals surface area contributed by atoms with Crippen LogP contribution in [0.2, 0.25) is 0 Å². The van der Waals surface area contributed by atoms with E-state index >= 15 is 0 Å². The monoisotopic (exact) mass is 264 g/mol. The topological polar surface area (TPSA) is 78.9 Å². The fraction of sp³-hybridized carbons (Fsp3) is 0.385. The van der Waals surface area contributed by atoms with Crippen molar-refractivity contribution >= 4 is 17.6 Å². The number of amides is 1. The molecule has 0 aromatic heterocycles. The van der Waals surface area contributed by atoms with Gasteiger partial charge >= 0.3 is 0 Å². The molecule has 1 aliphatic heterocycles. The summed E-state index contributed by atoms with van der Waals surface area (Å²) in [5.74, 6) is -0.787. The van der Waals surface area contributed by atoms with Crippen molar-refractivity contribution in [1.82, 2.24) is 0 Å². The summed E-state index contributed by atoms with van der Waals surface area (Å²) < 4.78 is 10.2. The number of carboxylic acid groups (broad SMARTS) is 1. The first-order valence-electron chi connectivity index (χ1n) is 5.86. The molecule has 0 aliphatic carbocycles. The summed E-state index contributed by atoms with van der Waals surface area (Å²) >= 11 is 0. The zero-order valence-corrected chi connectivity index (χ0v) is 10.8. The molecule has 102 valence electrons. The maximum absolute atomic E-state index is 11.7. The Kier molecular flexibility index (Phi) is 3.59. The molecule has 0 unspecified atom stereocenters. The molecule has 1 heterocycles. The number of benzene rings is 1. The van der Waals surface area contributed by atoms with Crippen LogP contribution in [0, 0.1) is 0 Å². The first-order chi connectivity index (χ1) is 9.08. The van der Waals surface area contributed by atoms with Gasteiger partial charge in [-0.15, -0.1) is 0 Å². The van der Waals surface area contributed by atoms with Gasteiger partial charge in [0.1, 0.15) is 0 Å². The molecular formula is C13H14NO5-. The van der Waals surface area contributed by atoms with Gasteiger partial charge in [0.2, 0.25) is 5.91 Å². The van der Waals surface area contributed by atoms with Gasteiger partial charge in [0, 0.05) is 24.6 Å². The maximum atomic E-state index is 11.7.